The maximum Gasteiger partial charge on any atom is 0.223 e. The molecule has 0 aromatic rings. The number of unbranched alkanes of at least 4 members (excludes halogenated alkanes) is 1. The molecule has 0 saturated carbocycles. The zero-order chi connectivity index (χ0) is 14.3. The van der Waals surface area contributed by atoms with Gasteiger partial charge in [0.05, 0.1) is 5.75 Å². The van der Waals surface area contributed by atoms with Crippen LogP contribution in [0.3, 0.4) is 0 Å². The molecule has 112 valence electrons. The van der Waals surface area contributed by atoms with E-state index in [0.29, 0.717) is 38.9 Å². The second-order valence-corrected chi connectivity index (χ2v) is 7.22. The number of amides is 1. The van der Waals surface area contributed by atoms with Gasteiger partial charge in [0.15, 0.2) is 0 Å². The van der Waals surface area contributed by atoms with Gasteiger partial charge in [-0.15, -0.1) is 0 Å². The third kappa shape index (κ3) is 5.10. The van der Waals surface area contributed by atoms with Gasteiger partial charge in [-0.2, -0.15) is 0 Å². The molecule has 6 heteroatoms. The molecule has 1 N–H and O–H groups in total. The first-order valence-corrected chi connectivity index (χ1v) is 8.87. The van der Waals surface area contributed by atoms with Crippen LogP contribution in [0.5, 0.6) is 0 Å². The van der Waals surface area contributed by atoms with Gasteiger partial charge in [0.25, 0.3) is 0 Å². The second kappa shape index (κ2) is 7.85. The molecule has 0 radical (unpaired) electrons. The summed E-state index contributed by atoms with van der Waals surface area (Å²) >= 11 is 0. The van der Waals surface area contributed by atoms with Crippen LogP contribution in [-0.4, -0.2) is 44.0 Å². The summed E-state index contributed by atoms with van der Waals surface area (Å²) in [5, 5.41) is 2.88. The van der Waals surface area contributed by atoms with Crippen molar-refractivity contribution in [3.63, 3.8) is 0 Å². The highest BCUT2D eigenvalue weighted by Crippen LogP contribution is 2.20. The van der Waals surface area contributed by atoms with E-state index < -0.39 is 10.0 Å². The Kier molecular flexibility index (Phi) is 6.79. The van der Waals surface area contributed by atoms with Gasteiger partial charge in [-0.25, -0.2) is 12.7 Å². The van der Waals surface area contributed by atoms with E-state index in [1.165, 1.54) is 0 Å². The number of hydrogen-bond acceptors (Lipinski definition) is 3. The largest absolute Gasteiger partial charge is 0.356 e. The first-order chi connectivity index (χ1) is 9.01. The van der Waals surface area contributed by atoms with E-state index in [-0.39, 0.29) is 17.6 Å². The molecule has 1 saturated heterocycles. The number of nitrogens with one attached hydrogen (secondary N) is 1. The van der Waals surface area contributed by atoms with E-state index in [1.54, 1.807) is 4.31 Å². The van der Waals surface area contributed by atoms with E-state index >= 15 is 0 Å². The smallest absolute Gasteiger partial charge is 0.223 e. The number of sulfonamides is 1. The number of carbonyl (C=O) groups is 1. The van der Waals surface area contributed by atoms with E-state index in [1.807, 2.05) is 13.8 Å². The summed E-state index contributed by atoms with van der Waals surface area (Å²) in [5.41, 5.74) is 0. The number of nitrogens with zero attached hydrogens (tertiary/aromatic N) is 1. The Hall–Kier alpha value is -0.620. The fourth-order valence-corrected chi connectivity index (χ4v) is 3.92. The fraction of sp³-hybridized carbons (Fsp3) is 0.923. The Bertz CT molecular complexity index is 373. The van der Waals surface area contributed by atoms with Crippen molar-refractivity contribution in [3.8, 4) is 0 Å². The van der Waals surface area contributed by atoms with Crippen LogP contribution in [0.2, 0.25) is 0 Å². The van der Waals surface area contributed by atoms with Crippen LogP contribution in [0.1, 0.15) is 46.0 Å². The lowest BCUT2D eigenvalue weighted by Gasteiger charge is -2.30. The van der Waals surface area contributed by atoms with Crippen molar-refractivity contribution in [1.82, 2.24) is 9.62 Å². The molecular weight excluding hydrogens is 264 g/mol. The zero-order valence-corrected chi connectivity index (χ0v) is 12.8. The maximum absolute atomic E-state index is 12.0. The zero-order valence-electron chi connectivity index (χ0n) is 12.0. The lowest BCUT2D eigenvalue weighted by Crippen LogP contribution is -2.43. The van der Waals surface area contributed by atoms with Crippen LogP contribution in [0.4, 0.5) is 0 Å². The molecule has 1 heterocycles. The topological polar surface area (TPSA) is 66.5 Å². The summed E-state index contributed by atoms with van der Waals surface area (Å²) in [5.74, 6) is 0.285. The van der Waals surface area contributed by atoms with Gasteiger partial charge in [-0.3, -0.25) is 4.79 Å². The van der Waals surface area contributed by atoms with Crippen LogP contribution < -0.4 is 5.32 Å². The minimum Gasteiger partial charge on any atom is -0.356 e. The third-order valence-corrected chi connectivity index (χ3v) is 5.48. The molecule has 0 spiro atoms. The van der Waals surface area contributed by atoms with Crippen LogP contribution in [-0.2, 0) is 14.8 Å². The number of piperidine rings is 1. The standard InChI is InChI=1S/C13H26N2O3S/c1-3-5-11-19(17,18)15-9-6-12(7-10-15)13(16)14-8-4-2/h12H,3-11H2,1-2H3,(H,14,16). The Balaban J connectivity index is 2.42. The predicted molar refractivity (Wildman–Crippen MR) is 76.3 cm³/mol. The Morgan fingerprint density at radius 2 is 1.84 bits per heavy atom. The Labute approximate surface area is 116 Å². The Morgan fingerprint density at radius 3 is 2.37 bits per heavy atom. The Morgan fingerprint density at radius 1 is 1.21 bits per heavy atom. The van der Waals surface area contributed by atoms with Crippen molar-refractivity contribution in [2.75, 3.05) is 25.4 Å². The van der Waals surface area contributed by atoms with Gasteiger partial charge >= 0.3 is 0 Å². The highest BCUT2D eigenvalue weighted by atomic mass is 32.2. The van der Waals surface area contributed by atoms with Crippen molar-refractivity contribution >= 4 is 15.9 Å². The number of hydrogen-bond donors (Lipinski definition) is 1. The molecule has 1 aliphatic rings. The lowest BCUT2D eigenvalue weighted by molar-refractivity contribution is -0.126. The molecule has 0 atom stereocenters. The van der Waals surface area contributed by atoms with E-state index in [9.17, 15) is 13.2 Å². The van der Waals surface area contributed by atoms with Crippen LogP contribution >= 0.6 is 0 Å². The van der Waals surface area contributed by atoms with Gasteiger partial charge < -0.3 is 5.32 Å². The van der Waals surface area contributed by atoms with Crippen molar-refractivity contribution in [1.29, 1.82) is 0 Å². The maximum atomic E-state index is 12.0. The molecule has 0 aromatic heterocycles. The lowest BCUT2D eigenvalue weighted by atomic mass is 9.97. The summed E-state index contributed by atoms with van der Waals surface area (Å²) in [7, 11) is -3.11. The van der Waals surface area contributed by atoms with Crippen LogP contribution in [0.15, 0.2) is 0 Å². The average Bonchev–Trinajstić information content (AvgIpc) is 2.42. The number of carbonyl (C=O) groups excluding carboxylic acids is 1. The molecule has 1 fully saturated rings. The van der Waals surface area contributed by atoms with Crippen molar-refractivity contribution in [2.45, 2.75) is 46.0 Å². The monoisotopic (exact) mass is 290 g/mol. The highest BCUT2D eigenvalue weighted by Gasteiger charge is 2.30. The normalized spacial score (nSPS) is 18.4. The number of rotatable bonds is 7. The summed E-state index contributed by atoms with van der Waals surface area (Å²) in [6, 6.07) is 0. The van der Waals surface area contributed by atoms with Crippen LogP contribution in [0.25, 0.3) is 0 Å². The molecule has 1 amide bonds. The first-order valence-electron chi connectivity index (χ1n) is 7.26. The SMILES string of the molecule is CCCCS(=O)(=O)N1CCC(C(=O)NCCC)CC1. The van der Waals surface area contributed by atoms with Gasteiger partial charge in [-0.05, 0) is 25.7 Å². The van der Waals surface area contributed by atoms with Crippen molar-refractivity contribution in [3.05, 3.63) is 0 Å². The molecule has 0 aromatic carbocycles. The first kappa shape index (κ1) is 16.4. The molecule has 1 rings (SSSR count). The highest BCUT2D eigenvalue weighted by molar-refractivity contribution is 7.89. The van der Waals surface area contributed by atoms with Gasteiger partial charge in [-0.1, -0.05) is 20.3 Å². The van der Waals surface area contributed by atoms with E-state index in [4.69, 9.17) is 0 Å². The molecule has 19 heavy (non-hydrogen) atoms. The summed E-state index contributed by atoms with van der Waals surface area (Å²) in [6.07, 6.45) is 3.80. The molecule has 1 aliphatic heterocycles. The van der Waals surface area contributed by atoms with Gasteiger partial charge in [0.1, 0.15) is 0 Å². The third-order valence-electron chi connectivity index (χ3n) is 3.52. The molecule has 5 nitrogen and oxygen atoms in total. The minimum atomic E-state index is -3.11. The molecule has 0 aliphatic carbocycles. The van der Waals surface area contributed by atoms with E-state index in [2.05, 4.69) is 5.32 Å². The molecular formula is C13H26N2O3S. The molecule has 0 unspecified atom stereocenters. The van der Waals surface area contributed by atoms with Crippen molar-refractivity contribution < 1.29 is 13.2 Å². The van der Waals surface area contributed by atoms with Crippen LogP contribution in [0, 0.1) is 5.92 Å². The summed E-state index contributed by atoms with van der Waals surface area (Å²) in [4.78, 5) is 11.8. The predicted octanol–water partition coefficient (Wildman–Crippen LogP) is 1.35. The minimum absolute atomic E-state index is 0.0239. The molecule has 0 bridgehead atoms. The average molecular weight is 290 g/mol. The summed E-state index contributed by atoms with van der Waals surface area (Å²) in [6.45, 7) is 5.67. The van der Waals surface area contributed by atoms with Gasteiger partial charge in [0.2, 0.25) is 15.9 Å². The van der Waals surface area contributed by atoms with E-state index in [0.717, 1.165) is 12.8 Å². The van der Waals surface area contributed by atoms with Gasteiger partial charge in [0, 0.05) is 25.6 Å². The second-order valence-electron chi connectivity index (χ2n) is 5.13. The van der Waals surface area contributed by atoms with Crippen molar-refractivity contribution in [2.24, 2.45) is 5.92 Å². The summed E-state index contributed by atoms with van der Waals surface area (Å²) < 4.78 is 25.6. The quantitative estimate of drug-likeness (QED) is 0.770. The fourth-order valence-electron chi connectivity index (χ4n) is 2.24.